The van der Waals surface area contributed by atoms with Crippen molar-refractivity contribution in [1.29, 1.82) is 0 Å². The fourth-order valence-corrected chi connectivity index (χ4v) is 1.32. The van der Waals surface area contributed by atoms with Crippen LogP contribution < -0.4 is 10.6 Å². The number of allylic oxidation sites excluding steroid dienone is 2. The molecular formula is C13H15N. The molecule has 0 aliphatic carbocycles. The molecule has 1 heteroatoms. The Kier molecular flexibility index (Phi) is 3.29. The van der Waals surface area contributed by atoms with Crippen molar-refractivity contribution in [3.8, 4) is 0 Å². The van der Waals surface area contributed by atoms with E-state index in [1.54, 1.807) is 12.2 Å². The molecule has 0 radical (unpaired) electrons. The zero-order chi connectivity index (χ0) is 10.6. The lowest BCUT2D eigenvalue weighted by Crippen LogP contribution is -2.21. The highest BCUT2D eigenvalue weighted by atomic mass is 14.7. The number of rotatable bonds is 3. The molecule has 1 aromatic rings. The van der Waals surface area contributed by atoms with E-state index in [9.17, 15) is 0 Å². The van der Waals surface area contributed by atoms with Crippen LogP contribution in [0.15, 0.2) is 25.3 Å². The zero-order valence-electron chi connectivity index (χ0n) is 8.51. The van der Waals surface area contributed by atoms with E-state index in [2.05, 4.69) is 24.7 Å². The van der Waals surface area contributed by atoms with Gasteiger partial charge in [-0.05, 0) is 19.1 Å². The Labute approximate surface area is 84.5 Å². The first-order valence-corrected chi connectivity index (χ1v) is 4.53. The first-order valence-electron chi connectivity index (χ1n) is 4.53. The van der Waals surface area contributed by atoms with Gasteiger partial charge in [0.2, 0.25) is 0 Å². The van der Waals surface area contributed by atoms with Crippen LogP contribution in [0.4, 0.5) is 0 Å². The summed E-state index contributed by atoms with van der Waals surface area (Å²) in [6.45, 7) is 13.5. The highest BCUT2D eigenvalue weighted by Crippen LogP contribution is 2.00. The quantitative estimate of drug-likeness (QED) is 0.742. The van der Waals surface area contributed by atoms with Gasteiger partial charge in [-0.15, -0.1) is 0 Å². The van der Waals surface area contributed by atoms with Gasteiger partial charge in [-0.25, -0.2) is 0 Å². The topological polar surface area (TPSA) is 15.8 Å². The Morgan fingerprint density at radius 1 is 1.21 bits per heavy atom. The van der Waals surface area contributed by atoms with Crippen LogP contribution in [0.25, 0.3) is 24.8 Å². The molecule has 0 aliphatic heterocycles. The Morgan fingerprint density at radius 3 is 2.36 bits per heavy atom. The maximum absolute atomic E-state index is 4.00. The van der Waals surface area contributed by atoms with Gasteiger partial charge >= 0.3 is 0 Å². The lowest BCUT2D eigenvalue weighted by Gasteiger charge is -1.87. The molecule has 0 amide bonds. The molecule has 0 aliphatic rings. The SMILES string of the molecule is C=Cc1[nH]/c(=C/C=C\C)c(=C)c1C=C. The predicted octanol–water partition coefficient (Wildman–Crippen LogP) is 2.07. The van der Waals surface area contributed by atoms with E-state index in [0.717, 1.165) is 21.8 Å². The number of nitrogens with one attached hydrogen (secondary N) is 1. The molecule has 1 aromatic heterocycles. The highest BCUT2D eigenvalue weighted by molar-refractivity contribution is 5.62. The molecule has 72 valence electrons. The summed E-state index contributed by atoms with van der Waals surface area (Å²) in [7, 11) is 0. The number of aromatic amines is 1. The molecule has 0 saturated heterocycles. The third-order valence-corrected chi connectivity index (χ3v) is 2.07. The van der Waals surface area contributed by atoms with Crippen LogP contribution in [0.1, 0.15) is 18.2 Å². The minimum Gasteiger partial charge on any atom is -0.355 e. The summed E-state index contributed by atoms with van der Waals surface area (Å²) >= 11 is 0. The lowest BCUT2D eigenvalue weighted by molar-refractivity contribution is 1.30. The van der Waals surface area contributed by atoms with Gasteiger partial charge in [-0.3, -0.25) is 0 Å². The summed E-state index contributed by atoms with van der Waals surface area (Å²) in [6, 6.07) is 0. The van der Waals surface area contributed by atoms with Crippen molar-refractivity contribution in [2.75, 3.05) is 0 Å². The molecule has 0 bridgehead atoms. The molecule has 0 atom stereocenters. The first-order chi connectivity index (χ1) is 6.74. The zero-order valence-corrected chi connectivity index (χ0v) is 8.51. The minimum absolute atomic E-state index is 0.966. The largest absolute Gasteiger partial charge is 0.355 e. The van der Waals surface area contributed by atoms with Crippen molar-refractivity contribution < 1.29 is 0 Å². The smallest absolute Gasteiger partial charge is 0.0458 e. The second kappa shape index (κ2) is 4.47. The number of aromatic nitrogens is 1. The van der Waals surface area contributed by atoms with E-state index < -0.39 is 0 Å². The second-order valence-corrected chi connectivity index (χ2v) is 2.95. The van der Waals surface area contributed by atoms with Crippen molar-refractivity contribution in [3.63, 3.8) is 0 Å². The minimum atomic E-state index is 0.966. The van der Waals surface area contributed by atoms with E-state index in [1.807, 2.05) is 25.2 Å². The van der Waals surface area contributed by atoms with Crippen molar-refractivity contribution in [2.45, 2.75) is 6.92 Å². The van der Waals surface area contributed by atoms with E-state index in [0.29, 0.717) is 0 Å². The normalized spacial score (nSPS) is 12.2. The van der Waals surface area contributed by atoms with Crippen LogP contribution in [-0.4, -0.2) is 4.98 Å². The van der Waals surface area contributed by atoms with Gasteiger partial charge in [-0.2, -0.15) is 0 Å². The standard InChI is InChI=1S/C13H15N/c1-5-8-9-13-10(4)11(6-2)12(7-3)14-13/h5-9,14H,2-4H2,1H3/b8-5-,13-9+. The molecule has 1 nitrogen and oxygen atoms in total. The average molecular weight is 185 g/mol. The second-order valence-electron chi connectivity index (χ2n) is 2.95. The Bertz CT molecular complexity index is 472. The summed E-state index contributed by atoms with van der Waals surface area (Å²) in [5.41, 5.74) is 2.00. The van der Waals surface area contributed by atoms with E-state index in [-0.39, 0.29) is 0 Å². The van der Waals surface area contributed by atoms with Gasteiger partial charge < -0.3 is 4.98 Å². The monoisotopic (exact) mass is 185 g/mol. The van der Waals surface area contributed by atoms with Crippen LogP contribution >= 0.6 is 0 Å². The van der Waals surface area contributed by atoms with Crippen LogP contribution in [0.5, 0.6) is 0 Å². The summed E-state index contributed by atoms with van der Waals surface area (Å²) in [5, 5.41) is 1.97. The maximum Gasteiger partial charge on any atom is 0.0458 e. The molecule has 1 rings (SSSR count). The first kappa shape index (κ1) is 10.3. The fourth-order valence-electron chi connectivity index (χ4n) is 1.32. The predicted molar refractivity (Wildman–Crippen MR) is 65.0 cm³/mol. The molecule has 14 heavy (non-hydrogen) atoms. The summed E-state index contributed by atoms with van der Waals surface area (Å²) in [5.74, 6) is 0. The number of hydrogen-bond donors (Lipinski definition) is 1. The van der Waals surface area contributed by atoms with Crippen LogP contribution in [0.3, 0.4) is 0 Å². The van der Waals surface area contributed by atoms with Crippen LogP contribution in [0, 0.1) is 0 Å². The van der Waals surface area contributed by atoms with Gasteiger partial charge in [-0.1, -0.05) is 38.0 Å². The molecule has 0 fully saturated rings. The molecule has 0 saturated carbocycles. The molecule has 0 aromatic carbocycles. The van der Waals surface area contributed by atoms with E-state index >= 15 is 0 Å². The Morgan fingerprint density at radius 2 is 1.93 bits per heavy atom. The van der Waals surface area contributed by atoms with Gasteiger partial charge in [0.25, 0.3) is 0 Å². The third-order valence-electron chi connectivity index (χ3n) is 2.07. The fraction of sp³-hybridized carbons (Fsp3) is 0.0769. The van der Waals surface area contributed by atoms with Crippen molar-refractivity contribution in [3.05, 3.63) is 47.1 Å². The van der Waals surface area contributed by atoms with Gasteiger partial charge in [0.05, 0.1) is 0 Å². The van der Waals surface area contributed by atoms with Crippen molar-refractivity contribution in [2.24, 2.45) is 0 Å². The Hall–Kier alpha value is -1.76. The van der Waals surface area contributed by atoms with E-state index in [4.69, 9.17) is 0 Å². The summed E-state index contributed by atoms with van der Waals surface area (Å²) < 4.78 is 0. The molecule has 1 N–H and O–H groups in total. The van der Waals surface area contributed by atoms with Crippen LogP contribution in [0.2, 0.25) is 0 Å². The third kappa shape index (κ3) is 1.77. The van der Waals surface area contributed by atoms with Gasteiger partial charge in [0.1, 0.15) is 0 Å². The number of hydrogen-bond acceptors (Lipinski definition) is 0. The average Bonchev–Trinajstić information content (AvgIpc) is 2.51. The van der Waals surface area contributed by atoms with Crippen LogP contribution in [-0.2, 0) is 0 Å². The maximum atomic E-state index is 4.00. The van der Waals surface area contributed by atoms with Crippen molar-refractivity contribution in [1.82, 2.24) is 4.98 Å². The Balaban J connectivity index is 3.50. The lowest BCUT2D eigenvalue weighted by atomic mass is 10.2. The van der Waals surface area contributed by atoms with Gasteiger partial charge in [0, 0.05) is 21.8 Å². The molecule has 0 spiro atoms. The molecule has 1 heterocycles. The van der Waals surface area contributed by atoms with Crippen molar-refractivity contribution >= 4 is 24.8 Å². The molecule has 0 unspecified atom stereocenters. The van der Waals surface area contributed by atoms with E-state index in [1.165, 1.54) is 0 Å². The highest BCUT2D eigenvalue weighted by Gasteiger charge is 1.99. The summed E-state index contributed by atoms with van der Waals surface area (Å²) in [4.78, 5) is 3.23. The number of H-pyrrole nitrogens is 1. The molecular weight excluding hydrogens is 170 g/mol. The summed E-state index contributed by atoms with van der Waals surface area (Å²) in [6.07, 6.45) is 9.51. The van der Waals surface area contributed by atoms with Gasteiger partial charge in [0.15, 0.2) is 0 Å².